The van der Waals surface area contributed by atoms with Crippen LogP contribution in [0.4, 0.5) is 8.78 Å². The van der Waals surface area contributed by atoms with Gasteiger partial charge in [-0.25, -0.2) is 13.5 Å². The molecule has 7 heteroatoms. The number of hydrogen-bond donors (Lipinski definition) is 1. The molecule has 1 aromatic heterocycles. The molecule has 2 aromatic rings. The van der Waals surface area contributed by atoms with Crippen molar-refractivity contribution in [2.75, 3.05) is 0 Å². The summed E-state index contributed by atoms with van der Waals surface area (Å²) in [5.74, 6) is 0.578. The highest BCUT2D eigenvalue weighted by atomic mass is 19.1. The summed E-state index contributed by atoms with van der Waals surface area (Å²) in [6, 6.07) is 3.47. The molecule has 4 aliphatic carbocycles. The molecule has 5 nitrogen and oxygen atoms in total. The lowest BCUT2D eigenvalue weighted by atomic mass is 9.80. The third-order valence-electron chi connectivity index (χ3n) is 8.57. The van der Waals surface area contributed by atoms with Crippen molar-refractivity contribution < 1.29 is 18.3 Å². The van der Waals surface area contributed by atoms with Crippen molar-refractivity contribution in [2.24, 2.45) is 17.8 Å². The van der Waals surface area contributed by atoms with Crippen molar-refractivity contribution in [1.29, 1.82) is 0 Å². The maximum absolute atomic E-state index is 14.7. The van der Waals surface area contributed by atoms with Crippen molar-refractivity contribution in [3.63, 3.8) is 0 Å². The number of aromatic nitrogens is 2. The average Bonchev–Trinajstić information content (AvgIpc) is 3.41. The van der Waals surface area contributed by atoms with Crippen molar-refractivity contribution in [2.45, 2.75) is 69.1 Å². The standard InChI is InChI=1S/C24H25F2N3O2/c25-15-1-3-19(18(26)8-15)29-22-17(9-16-2-4-20(22)31-16)21(28-29)23(30)27-24-10-12-5-13(11-24)7-14(24)6-12/h1,3,8,12-14,16,20H,2,4-7,9-11H2,(H,27,30). The molecule has 6 bridgehead atoms. The SMILES string of the molecule is O=C(NC12CC3CC(CC1C3)C2)c1nn(-c2ccc(F)cc2F)c2c1CC1CCC2O1. The van der Waals surface area contributed by atoms with Gasteiger partial charge in [-0.2, -0.15) is 5.10 Å². The second-order valence-electron chi connectivity index (χ2n) is 10.4. The molecule has 4 unspecified atom stereocenters. The number of carbonyl (C=O) groups excluding carboxylic acids is 1. The molecule has 1 N–H and O–H groups in total. The molecule has 5 fully saturated rings. The molecule has 0 spiro atoms. The predicted molar refractivity (Wildman–Crippen MR) is 108 cm³/mol. The number of ether oxygens (including phenoxy) is 1. The fraction of sp³-hybridized carbons (Fsp3) is 0.583. The minimum absolute atomic E-state index is 0.0799. The summed E-state index contributed by atoms with van der Waals surface area (Å²) in [6.45, 7) is 0. The van der Waals surface area contributed by atoms with Crippen LogP contribution in [-0.4, -0.2) is 27.3 Å². The Balaban J connectivity index is 1.31. The minimum atomic E-state index is -0.692. The first-order valence-corrected chi connectivity index (χ1v) is 11.5. The van der Waals surface area contributed by atoms with E-state index in [4.69, 9.17) is 4.74 Å². The Morgan fingerprint density at radius 1 is 1.16 bits per heavy atom. The maximum atomic E-state index is 14.7. The van der Waals surface area contributed by atoms with E-state index in [1.54, 1.807) is 0 Å². The van der Waals surface area contributed by atoms with E-state index >= 15 is 0 Å². The molecular weight excluding hydrogens is 400 g/mol. The molecule has 31 heavy (non-hydrogen) atoms. The van der Waals surface area contributed by atoms with Gasteiger partial charge < -0.3 is 10.1 Å². The summed E-state index contributed by atoms with van der Waals surface area (Å²) in [5, 5.41) is 8.03. The lowest BCUT2D eigenvalue weighted by Gasteiger charge is -2.33. The number of amides is 1. The molecular formula is C24H25F2N3O2. The molecule has 162 valence electrons. The smallest absolute Gasteiger partial charge is 0.272 e. The Bertz CT molecular complexity index is 1100. The van der Waals surface area contributed by atoms with Crippen LogP contribution >= 0.6 is 0 Å². The average molecular weight is 425 g/mol. The van der Waals surface area contributed by atoms with Gasteiger partial charge >= 0.3 is 0 Å². The zero-order chi connectivity index (χ0) is 20.9. The van der Waals surface area contributed by atoms with Crippen LogP contribution in [0.1, 0.15) is 72.8 Å². The quantitative estimate of drug-likeness (QED) is 0.801. The molecule has 1 amide bonds. The number of halogens is 2. The highest BCUT2D eigenvalue weighted by Crippen LogP contribution is 2.60. The van der Waals surface area contributed by atoms with Gasteiger partial charge in [-0.1, -0.05) is 0 Å². The molecule has 0 radical (unpaired) electrons. The fourth-order valence-corrected chi connectivity index (χ4v) is 7.58. The van der Waals surface area contributed by atoms with Crippen LogP contribution in [-0.2, 0) is 11.2 Å². The first-order chi connectivity index (χ1) is 15.0. The molecule has 3 heterocycles. The molecule has 1 saturated heterocycles. The lowest BCUT2D eigenvalue weighted by molar-refractivity contribution is 0.0285. The van der Waals surface area contributed by atoms with Crippen LogP contribution in [0.15, 0.2) is 18.2 Å². The third-order valence-corrected chi connectivity index (χ3v) is 8.57. The second kappa shape index (κ2) is 6.15. The van der Waals surface area contributed by atoms with Crippen LogP contribution in [0.3, 0.4) is 0 Å². The third kappa shape index (κ3) is 2.55. The van der Waals surface area contributed by atoms with Gasteiger partial charge in [0.15, 0.2) is 11.5 Å². The number of benzene rings is 1. The summed E-state index contributed by atoms with van der Waals surface area (Å²) < 4.78 is 35.7. The highest BCUT2D eigenvalue weighted by molar-refractivity contribution is 5.95. The van der Waals surface area contributed by atoms with Gasteiger partial charge in [0.2, 0.25) is 0 Å². The molecule has 1 aromatic carbocycles. The zero-order valence-corrected chi connectivity index (χ0v) is 17.2. The number of carbonyl (C=O) groups is 1. The molecule has 4 atom stereocenters. The number of fused-ring (bicyclic) bond motifs is 4. The number of nitrogens with one attached hydrogen (secondary N) is 1. The fourth-order valence-electron chi connectivity index (χ4n) is 7.58. The highest BCUT2D eigenvalue weighted by Gasteiger charge is 2.58. The lowest BCUT2D eigenvalue weighted by Crippen LogP contribution is -2.49. The van der Waals surface area contributed by atoms with Gasteiger partial charge in [-0.05, 0) is 74.8 Å². The molecule has 4 saturated carbocycles. The van der Waals surface area contributed by atoms with E-state index in [1.807, 2.05) is 0 Å². The van der Waals surface area contributed by atoms with Crippen molar-refractivity contribution >= 4 is 5.91 Å². The van der Waals surface area contributed by atoms with Crippen molar-refractivity contribution in [1.82, 2.24) is 15.1 Å². The van der Waals surface area contributed by atoms with Crippen LogP contribution in [0.5, 0.6) is 0 Å². The van der Waals surface area contributed by atoms with Gasteiger partial charge in [0.1, 0.15) is 17.6 Å². The van der Waals surface area contributed by atoms with Crippen LogP contribution in [0.2, 0.25) is 0 Å². The zero-order valence-electron chi connectivity index (χ0n) is 17.2. The van der Waals surface area contributed by atoms with Crippen LogP contribution < -0.4 is 5.32 Å². The normalized spacial score (nSPS) is 36.8. The van der Waals surface area contributed by atoms with Gasteiger partial charge in [0, 0.05) is 23.6 Å². The van der Waals surface area contributed by atoms with Gasteiger partial charge in [-0.3, -0.25) is 4.79 Å². The van der Waals surface area contributed by atoms with E-state index in [2.05, 4.69) is 10.4 Å². The second-order valence-corrected chi connectivity index (χ2v) is 10.4. The molecule has 6 aliphatic rings. The number of hydrogen-bond acceptors (Lipinski definition) is 3. The molecule has 8 rings (SSSR count). The van der Waals surface area contributed by atoms with E-state index in [-0.39, 0.29) is 29.3 Å². The Labute approximate surface area is 179 Å². The van der Waals surface area contributed by atoms with Crippen LogP contribution in [0, 0.1) is 29.4 Å². The Morgan fingerprint density at radius 2 is 1.97 bits per heavy atom. The Morgan fingerprint density at radius 3 is 2.74 bits per heavy atom. The first-order valence-electron chi connectivity index (χ1n) is 11.5. The summed E-state index contributed by atoms with van der Waals surface area (Å²) >= 11 is 0. The van der Waals surface area contributed by atoms with Crippen molar-refractivity contribution in [3.05, 3.63) is 46.8 Å². The first kappa shape index (κ1) is 18.3. The van der Waals surface area contributed by atoms with Crippen molar-refractivity contribution in [3.8, 4) is 5.69 Å². The van der Waals surface area contributed by atoms with Gasteiger partial charge in [0.05, 0.1) is 11.8 Å². The topological polar surface area (TPSA) is 56.2 Å². The van der Waals surface area contributed by atoms with Gasteiger partial charge in [-0.15, -0.1) is 0 Å². The Hall–Kier alpha value is -2.28. The van der Waals surface area contributed by atoms with E-state index in [0.29, 0.717) is 18.0 Å². The van der Waals surface area contributed by atoms with E-state index in [1.165, 1.54) is 36.1 Å². The predicted octanol–water partition coefficient (Wildman–Crippen LogP) is 4.24. The van der Waals surface area contributed by atoms with Crippen LogP contribution in [0.25, 0.3) is 5.69 Å². The van der Waals surface area contributed by atoms with E-state index < -0.39 is 11.6 Å². The number of rotatable bonds is 3. The van der Waals surface area contributed by atoms with E-state index in [9.17, 15) is 13.6 Å². The summed E-state index contributed by atoms with van der Waals surface area (Å²) in [7, 11) is 0. The molecule has 2 aliphatic heterocycles. The minimum Gasteiger partial charge on any atom is -0.368 e. The largest absolute Gasteiger partial charge is 0.368 e. The summed E-state index contributed by atoms with van der Waals surface area (Å²) in [6.07, 6.45) is 8.13. The summed E-state index contributed by atoms with van der Waals surface area (Å²) in [5.41, 5.74) is 2.07. The maximum Gasteiger partial charge on any atom is 0.272 e. The monoisotopic (exact) mass is 425 g/mol. The summed E-state index contributed by atoms with van der Waals surface area (Å²) in [4.78, 5) is 13.6. The van der Waals surface area contributed by atoms with Gasteiger partial charge in [0.25, 0.3) is 5.91 Å². The Kier molecular flexibility index (Phi) is 3.63. The number of nitrogens with zero attached hydrogens (tertiary/aromatic N) is 2. The van der Waals surface area contributed by atoms with E-state index in [0.717, 1.165) is 54.8 Å².